The van der Waals surface area contributed by atoms with Crippen LogP contribution in [0, 0.1) is 6.92 Å². The van der Waals surface area contributed by atoms with Crippen LogP contribution in [0.4, 0.5) is 0 Å². The lowest BCUT2D eigenvalue weighted by Gasteiger charge is -2.20. The maximum Gasteiger partial charge on any atom is 0.133 e. The van der Waals surface area contributed by atoms with Crippen molar-refractivity contribution >= 4 is 27.5 Å². The molecular formula is C17H19BrClNO. The molecule has 4 heteroatoms. The van der Waals surface area contributed by atoms with Crippen LogP contribution in [0.2, 0.25) is 5.02 Å². The molecule has 0 saturated heterocycles. The normalized spacial score (nSPS) is 12.2. The van der Waals surface area contributed by atoms with Gasteiger partial charge in [-0.05, 0) is 64.3 Å². The van der Waals surface area contributed by atoms with Gasteiger partial charge in [-0.1, -0.05) is 36.7 Å². The second-order valence-corrected chi connectivity index (χ2v) is 6.15. The standard InChI is InChI=1S/C17H19BrClNO/c1-4-20-17(13-6-5-11(2)15(19)10-13)12-7-8-16(21-3)14(18)9-12/h5-10,17,20H,4H2,1-3H3. The van der Waals surface area contributed by atoms with Crippen LogP contribution in [0.15, 0.2) is 40.9 Å². The van der Waals surface area contributed by atoms with E-state index in [4.69, 9.17) is 16.3 Å². The fourth-order valence-electron chi connectivity index (χ4n) is 2.28. The molecule has 0 fully saturated rings. The predicted molar refractivity (Wildman–Crippen MR) is 92.4 cm³/mol. The Balaban J connectivity index is 2.42. The summed E-state index contributed by atoms with van der Waals surface area (Å²) < 4.78 is 6.24. The van der Waals surface area contributed by atoms with Crippen LogP contribution in [0.5, 0.6) is 5.75 Å². The summed E-state index contributed by atoms with van der Waals surface area (Å²) in [4.78, 5) is 0. The highest BCUT2D eigenvalue weighted by molar-refractivity contribution is 9.10. The number of methoxy groups -OCH3 is 1. The minimum Gasteiger partial charge on any atom is -0.496 e. The van der Waals surface area contributed by atoms with Crippen molar-refractivity contribution in [2.75, 3.05) is 13.7 Å². The smallest absolute Gasteiger partial charge is 0.133 e. The van der Waals surface area contributed by atoms with Crippen LogP contribution < -0.4 is 10.1 Å². The minimum atomic E-state index is 0.107. The van der Waals surface area contributed by atoms with Crippen LogP contribution in [-0.2, 0) is 0 Å². The first kappa shape index (κ1) is 16.3. The average Bonchev–Trinajstić information content (AvgIpc) is 2.48. The number of ether oxygens (including phenoxy) is 1. The molecule has 1 N–H and O–H groups in total. The van der Waals surface area contributed by atoms with Gasteiger partial charge >= 0.3 is 0 Å². The highest BCUT2D eigenvalue weighted by Crippen LogP contribution is 2.31. The highest BCUT2D eigenvalue weighted by atomic mass is 79.9. The largest absolute Gasteiger partial charge is 0.496 e. The summed E-state index contributed by atoms with van der Waals surface area (Å²) in [7, 11) is 1.67. The minimum absolute atomic E-state index is 0.107. The van der Waals surface area contributed by atoms with Crippen molar-refractivity contribution in [2.45, 2.75) is 19.9 Å². The molecule has 2 aromatic rings. The van der Waals surface area contributed by atoms with E-state index >= 15 is 0 Å². The van der Waals surface area contributed by atoms with E-state index in [1.165, 1.54) is 5.56 Å². The van der Waals surface area contributed by atoms with Gasteiger partial charge in [0.25, 0.3) is 0 Å². The third-order valence-corrected chi connectivity index (χ3v) is 4.47. The average molecular weight is 369 g/mol. The Hall–Kier alpha value is -1.03. The molecule has 21 heavy (non-hydrogen) atoms. The second-order valence-electron chi connectivity index (χ2n) is 4.89. The lowest BCUT2D eigenvalue weighted by Crippen LogP contribution is -2.22. The first-order valence-electron chi connectivity index (χ1n) is 6.89. The van der Waals surface area contributed by atoms with Gasteiger partial charge in [0, 0.05) is 5.02 Å². The number of aryl methyl sites for hydroxylation is 1. The molecule has 0 aromatic heterocycles. The van der Waals surface area contributed by atoms with E-state index in [2.05, 4.69) is 52.4 Å². The summed E-state index contributed by atoms with van der Waals surface area (Å²) in [5.74, 6) is 0.830. The van der Waals surface area contributed by atoms with Crippen LogP contribution >= 0.6 is 27.5 Å². The van der Waals surface area contributed by atoms with Crippen molar-refractivity contribution in [3.63, 3.8) is 0 Å². The van der Waals surface area contributed by atoms with E-state index in [1.807, 2.05) is 19.1 Å². The first-order valence-corrected chi connectivity index (χ1v) is 8.06. The van der Waals surface area contributed by atoms with E-state index in [-0.39, 0.29) is 6.04 Å². The van der Waals surface area contributed by atoms with E-state index < -0.39 is 0 Å². The van der Waals surface area contributed by atoms with E-state index in [1.54, 1.807) is 7.11 Å². The summed E-state index contributed by atoms with van der Waals surface area (Å²) in [5, 5.41) is 4.30. The Morgan fingerprint density at radius 1 is 1.19 bits per heavy atom. The second kappa shape index (κ2) is 7.30. The number of halogens is 2. The van der Waals surface area contributed by atoms with Crippen LogP contribution in [0.3, 0.4) is 0 Å². The van der Waals surface area contributed by atoms with Crippen molar-refractivity contribution in [3.8, 4) is 5.75 Å². The SMILES string of the molecule is CCNC(c1ccc(C)c(Cl)c1)c1ccc(OC)c(Br)c1. The molecule has 112 valence electrons. The van der Waals surface area contributed by atoms with Crippen molar-refractivity contribution in [3.05, 3.63) is 62.6 Å². The summed E-state index contributed by atoms with van der Waals surface area (Å²) >= 11 is 9.81. The molecular weight excluding hydrogens is 350 g/mol. The Bertz CT molecular complexity index is 630. The van der Waals surface area contributed by atoms with Crippen LogP contribution in [0.25, 0.3) is 0 Å². The number of rotatable bonds is 5. The first-order chi connectivity index (χ1) is 10.1. The zero-order chi connectivity index (χ0) is 15.4. The van der Waals surface area contributed by atoms with Crippen molar-refractivity contribution in [1.82, 2.24) is 5.32 Å². The maximum absolute atomic E-state index is 6.27. The summed E-state index contributed by atoms with van der Waals surface area (Å²) in [6, 6.07) is 12.4. The zero-order valence-electron chi connectivity index (χ0n) is 12.4. The number of benzene rings is 2. The van der Waals surface area contributed by atoms with Gasteiger partial charge < -0.3 is 10.1 Å². The Labute approximate surface area is 139 Å². The summed E-state index contributed by atoms with van der Waals surface area (Å²) in [6.07, 6.45) is 0. The topological polar surface area (TPSA) is 21.3 Å². The fourth-order valence-corrected chi connectivity index (χ4v) is 3.03. The highest BCUT2D eigenvalue weighted by Gasteiger charge is 2.15. The monoisotopic (exact) mass is 367 g/mol. The Kier molecular flexibility index (Phi) is 5.68. The van der Waals surface area contributed by atoms with E-state index in [0.717, 1.165) is 32.9 Å². The van der Waals surface area contributed by atoms with Gasteiger partial charge in [0.15, 0.2) is 0 Å². The van der Waals surface area contributed by atoms with Gasteiger partial charge in [-0.3, -0.25) is 0 Å². The molecule has 0 aliphatic carbocycles. The number of hydrogen-bond acceptors (Lipinski definition) is 2. The van der Waals surface area contributed by atoms with Gasteiger partial charge in [-0.2, -0.15) is 0 Å². The lowest BCUT2D eigenvalue weighted by molar-refractivity contribution is 0.412. The molecule has 0 spiro atoms. The molecule has 0 amide bonds. The summed E-state index contributed by atoms with van der Waals surface area (Å²) in [5.41, 5.74) is 3.42. The summed E-state index contributed by atoms with van der Waals surface area (Å²) in [6.45, 7) is 4.99. The Morgan fingerprint density at radius 2 is 1.86 bits per heavy atom. The van der Waals surface area contributed by atoms with Crippen molar-refractivity contribution < 1.29 is 4.74 Å². The zero-order valence-corrected chi connectivity index (χ0v) is 14.8. The molecule has 0 radical (unpaired) electrons. The molecule has 0 heterocycles. The molecule has 0 aliphatic rings. The molecule has 2 nitrogen and oxygen atoms in total. The predicted octanol–water partition coefficient (Wildman–Crippen LogP) is 5.12. The molecule has 0 bridgehead atoms. The number of nitrogens with one attached hydrogen (secondary N) is 1. The fraction of sp³-hybridized carbons (Fsp3) is 0.294. The van der Waals surface area contributed by atoms with Gasteiger partial charge in [0.2, 0.25) is 0 Å². The third-order valence-electron chi connectivity index (χ3n) is 3.45. The van der Waals surface area contributed by atoms with Crippen LogP contribution in [-0.4, -0.2) is 13.7 Å². The van der Waals surface area contributed by atoms with Crippen LogP contribution in [0.1, 0.15) is 29.7 Å². The molecule has 0 aliphatic heterocycles. The molecule has 1 unspecified atom stereocenters. The Morgan fingerprint density at radius 3 is 2.43 bits per heavy atom. The van der Waals surface area contributed by atoms with Gasteiger partial charge in [0.1, 0.15) is 5.75 Å². The van der Waals surface area contributed by atoms with Crippen molar-refractivity contribution in [1.29, 1.82) is 0 Å². The molecule has 2 rings (SSSR count). The van der Waals surface area contributed by atoms with E-state index in [9.17, 15) is 0 Å². The number of hydrogen-bond donors (Lipinski definition) is 1. The molecule has 1 atom stereocenters. The van der Waals surface area contributed by atoms with Crippen molar-refractivity contribution in [2.24, 2.45) is 0 Å². The van der Waals surface area contributed by atoms with Gasteiger partial charge in [-0.25, -0.2) is 0 Å². The van der Waals surface area contributed by atoms with E-state index in [0.29, 0.717) is 0 Å². The third kappa shape index (κ3) is 3.79. The molecule has 0 saturated carbocycles. The molecule has 2 aromatic carbocycles. The van der Waals surface area contributed by atoms with Gasteiger partial charge in [-0.15, -0.1) is 0 Å². The lowest BCUT2D eigenvalue weighted by atomic mass is 9.97. The maximum atomic E-state index is 6.27. The quantitative estimate of drug-likeness (QED) is 0.791. The van der Waals surface area contributed by atoms with Gasteiger partial charge in [0.05, 0.1) is 17.6 Å².